The molecule has 1 atom stereocenters. The van der Waals surface area contributed by atoms with Gasteiger partial charge in [0, 0.05) is 13.5 Å². The number of methoxy groups -OCH3 is 1. The lowest BCUT2D eigenvalue weighted by atomic mass is 9.79. The van der Waals surface area contributed by atoms with Gasteiger partial charge in [0.25, 0.3) is 0 Å². The molecule has 0 rings (SSSR count). The van der Waals surface area contributed by atoms with Gasteiger partial charge in [-0.05, 0) is 11.3 Å². The maximum absolute atomic E-state index is 11.2. The molecule has 0 aromatic rings. The fourth-order valence-corrected chi connectivity index (χ4v) is 0.868. The first-order valence-corrected chi connectivity index (χ1v) is 4.38. The summed E-state index contributed by atoms with van der Waals surface area (Å²) in [5.41, 5.74) is 0.212. The SMILES string of the molecule is COCC(=O)CC(C)C(C)(C)C. The number of rotatable bonds is 4. The molecule has 0 radical (unpaired) electrons. The minimum absolute atomic E-state index is 0.194. The molecule has 0 spiro atoms. The van der Waals surface area contributed by atoms with Gasteiger partial charge in [0.2, 0.25) is 0 Å². The zero-order chi connectivity index (χ0) is 9.78. The average Bonchev–Trinajstić information content (AvgIpc) is 1.85. The van der Waals surface area contributed by atoms with E-state index in [0.717, 1.165) is 0 Å². The van der Waals surface area contributed by atoms with Crippen molar-refractivity contribution in [3.8, 4) is 0 Å². The zero-order valence-corrected chi connectivity index (χ0v) is 8.81. The smallest absolute Gasteiger partial charge is 0.158 e. The van der Waals surface area contributed by atoms with Crippen LogP contribution in [0.2, 0.25) is 0 Å². The number of carbonyl (C=O) groups is 1. The van der Waals surface area contributed by atoms with Gasteiger partial charge in [-0.15, -0.1) is 0 Å². The maximum Gasteiger partial charge on any atom is 0.158 e. The van der Waals surface area contributed by atoms with Gasteiger partial charge in [0.1, 0.15) is 6.61 Å². The topological polar surface area (TPSA) is 26.3 Å². The fourth-order valence-electron chi connectivity index (χ4n) is 0.868. The molecule has 0 amide bonds. The van der Waals surface area contributed by atoms with Crippen LogP contribution < -0.4 is 0 Å². The molecule has 2 nitrogen and oxygen atoms in total. The standard InChI is InChI=1S/C10H20O2/c1-8(10(2,3)4)6-9(11)7-12-5/h8H,6-7H2,1-5H3. The average molecular weight is 172 g/mol. The van der Waals surface area contributed by atoms with Crippen LogP contribution in [0.15, 0.2) is 0 Å². The van der Waals surface area contributed by atoms with E-state index in [-0.39, 0.29) is 17.8 Å². The first kappa shape index (κ1) is 11.6. The molecule has 2 heteroatoms. The third-order valence-corrected chi connectivity index (χ3v) is 2.32. The van der Waals surface area contributed by atoms with Crippen molar-refractivity contribution < 1.29 is 9.53 Å². The van der Waals surface area contributed by atoms with E-state index in [4.69, 9.17) is 4.74 Å². The molecule has 0 saturated carbocycles. The predicted molar refractivity (Wildman–Crippen MR) is 50.1 cm³/mol. The summed E-state index contributed by atoms with van der Waals surface area (Å²) in [6.07, 6.45) is 0.622. The van der Waals surface area contributed by atoms with Crippen molar-refractivity contribution in [2.24, 2.45) is 11.3 Å². The Morgan fingerprint density at radius 3 is 2.25 bits per heavy atom. The van der Waals surface area contributed by atoms with Gasteiger partial charge < -0.3 is 4.74 Å². The van der Waals surface area contributed by atoms with E-state index in [9.17, 15) is 4.79 Å². The summed E-state index contributed by atoms with van der Waals surface area (Å²) < 4.78 is 4.77. The lowest BCUT2D eigenvalue weighted by molar-refractivity contribution is -0.124. The van der Waals surface area contributed by atoms with Crippen molar-refractivity contribution in [2.45, 2.75) is 34.1 Å². The second-order valence-electron chi connectivity index (χ2n) is 4.44. The minimum Gasteiger partial charge on any atom is -0.377 e. The van der Waals surface area contributed by atoms with E-state index in [1.54, 1.807) is 7.11 Å². The number of ketones is 1. The van der Waals surface area contributed by atoms with Crippen LogP contribution >= 0.6 is 0 Å². The molecule has 0 aliphatic rings. The third kappa shape index (κ3) is 4.50. The lowest BCUT2D eigenvalue weighted by Gasteiger charge is -2.26. The van der Waals surface area contributed by atoms with Crippen LogP contribution in [0.5, 0.6) is 0 Å². The number of ether oxygens (including phenoxy) is 1. The molecule has 12 heavy (non-hydrogen) atoms. The molecular formula is C10H20O2. The van der Waals surface area contributed by atoms with Crippen LogP contribution in [0.25, 0.3) is 0 Å². The van der Waals surface area contributed by atoms with E-state index in [2.05, 4.69) is 27.7 Å². The number of carbonyl (C=O) groups excluding carboxylic acids is 1. The highest BCUT2D eigenvalue weighted by Gasteiger charge is 2.22. The van der Waals surface area contributed by atoms with Crippen LogP contribution in [0.3, 0.4) is 0 Å². The van der Waals surface area contributed by atoms with Gasteiger partial charge in [-0.2, -0.15) is 0 Å². The summed E-state index contributed by atoms with van der Waals surface area (Å²) in [6, 6.07) is 0. The summed E-state index contributed by atoms with van der Waals surface area (Å²) in [5, 5.41) is 0. The molecule has 0 aliphatic carbocycles. The number of hydrogen-bond donors (Lipinski definition) is 0. The van der Waals surface area contributed by atoms with Gasteiger partial charge in [-0.1, -0.05) is 27.7 Å². The van der Waals surface area contributed by atoms with Gasteiger partial charge in [0.05, 0.1) is 0 Å². The summed E-state index contributed by atoms with van der Waals surface area (Å²) in [6.45, 7) is 8.81. The number of Topliss-reactive ketones (excluding diaryl/α,β-unsaturated/α-hetero) is 1. The van der Waals surface area contributed by atoms with Crippen molar-refractivity contribution in [3.05, 3.63) is 0 Å². The maximum atomic E-state index is 11.2. The highest BCUT2D eigenvalue weighted by atomic mass is 16.5. The van der Waals surface area contributed by atoms with Crippen LogP contribution in [-0.4, -0.2) is 19.5 Å². The Labute approximate surface area is 75.3 Å². The van der Waals surface area contributed by atoms with Crippen molar-refractivity contribution in [3.63, 3.8) is 0 Å². The molecule has 0 aliphatic heterocycles. The molecular weight excluding hydrogens is 152 g/mol. The Morgan fingerprint density at radius 1 is 1.42 bits per heavy atom. The van der Waals surface area contributed by atoms with Gasteiger partial charge in [-0.3, -0.25) is 4.79 Å². The second-order valence-corrected chi connectivity index (χ2v) is 4.44. The van der Waals surface area contributed by atoms with Crippen LogP contribution in [0, 0.1) is 11.3 Å². The highest BCUT2D eigenvalue weighted by molar-refractivity contribution is 5.79. The Hall–Kier alpha value is -0.370. The van der Waals surface area contributed by atoms with Crippen molar-refractivity contribution in [2.75, 3.05) is 13.7 Å². The van der Waals surface area contributed by atoms with Crippen molar-refractivity contribution >= 4 is 5.78 Å². The minimum atomic E-state index is 0.194. The first-order chi connectivity index (χ1) is 5.38. The predicted octanol–water partition coefficient (Wildman–Crippen LogP) is 2.27. The molecule has 0 saturated heterocycles. The molecule has 72 valence electrons. The quantitative estimate of drug-likeness (QED) is 0.650. The van der Waals surface area contributed by atoms with Gasteiger partial charge in [0.15, 0.2) is 5.78 Å². The summed E-state index contributed by atoms with van der Waals surface area (Å²) in [7, 11) is 1.56. The zero-order valence-electron chi connectivity index (χ0n) is 8.81. The summed E-state index contributed by atoms with van der Waals surface area (Å²) in [4.78, 5) is 11.2. The highest BCUT2D eigenvalue weighted by Crippen LogP contribution is 2.27. The van der Waals surface area contributed by atoms with Gasteiger partial charge >= 0.3 is 0 Å². The van der Waals surface area contributed by atoms with E-state index in [1.165, 1.54) is 0 Å². The Balaban J connectivity index is 3.84. The largest absolute Gasteiger partial charge is 0.377 e. The van der Waals surface area contributed by atoms with Crippen LogP contribution in [0.4, 0.5) is 0 Å². The van der Waals surface area contributed by atoms with E-state index in [0.29, 0.717) is 12.3 Å². The van der Waals surface area contributed by atoms with Gasteiger partial charge in [-0.25, -0.2) is 0 Å². The van der Waals surface area contributed by atoms with E-state index < -0.39 is 0 Å². The third-order valence-electron chi connectivity index (χ3n) is 2.32. The first-order valence-electron chi connectivity index (χ1n) is 4.38. The molecule has 1 unspecified atom stereocenters. The van der Waals surface area contributed by atoms with Crippen molar-refractivity contribution in [1.29, 1.82) is 0 Å². The monoisotopic (exact) mass is 172 g/mol. The molecule has 0 heterocycles. The second kappa shape index (κ2) is 4.61. The molecule has 0 fully saturated rings. The Bertz CT molecular complexity index is 144. The fraction of sp³-hybridized carbons (Fsp3) is 0.900. The summed E-state index contributed by atoms with van der Waals surface area (Å²) >= 11 is 0. The number of hydrogen-bond acceptors (Lipinski definition) is 2. The van der Waals surface area contributed by atoms with Crippen LogP contribution in [0.1, 0.15) is 34.1 Å². The molecule has 0 aromatic carbocycles. The van der Waals surface area contributed by atoms with E-state index >= 15 is 0 Å². The lowest BCUT2D eigenvalue weighted by Crippen LogP contribution is -2.22. The van der Waals surface area contributed by atoms with E-state index in [1.807, 2.05) is 0 Å². The molecule has 0 N–H and O–H groups in total. The summed E-state index contributed by atoms with van der Waals surface area (Å²) in [5.74, 6) is 0.611. The normalized spacial score (nSPS) is 14.4. The Morgan fingerprint density at radius 2 is 1.92 bits per heavy atom. The molecule has 0 aromatic heterocycles. The van der Waals surface area contributed by atoms with Crippen LogP contribution in [-0.2, 0) is 9.53 Å². The van der Waals surface area contributed by atoms with Crippen molar-refractivity contribution in [1.82, 2.24) is 0 Å². The Kier molecular flexibility index (Phi) is 4.46. The molecule has 0 bridgehead atoms.